The fourth-order valence-corrected chi connectivity index (χ4v) is 1.95. The van der Waals surface area contributed by atoms with Crippen LogP contribution in [0.25, 0.3) is 0 Å². The van der Waals surface area contributed by atoms with Gasteiger partial charge < -0.3 is 11.1 Å². The Bertz CT molecular complexity index is 151. The standard InChI is InChI=1S/C14H32N2/c1-5-7-8-9-14(3,4)12-16-11-13(6-2)10-15/h13,16H,5-12,15H2,1-4H3. The molecule has 0 amide bonds. The Morgan fingerprint density at radius 3 is 2.38 bits per heavy atom. The molecule has 0 rings (SSSR count). The molecule has 2 heteroatoms. The molecule has 98 valence electrons. The maximum absolute atomic E-state index is 5.69. The zero-order chi connectivity index (χ0) is 12.4. The van der Waals surface area contributed by atoms with Crippen LogP contribution in [-0.4, -0.2) is 19.6 Å². The number of nitrogens with two attached hydrogens (primary N) is 1. The number of hydrogen-bond acceptors (Lipinski definition) is 2. The monoisotopic (exact) mass is 228 g/mol. The highest BCUT2D eigenvalue weighted by molar-refractivity contribution is 4.73. The molecule has 0 fully saturated rings. The van der Waals surface area contributed by atoms with E-state index in [9.17, 15) is 0 Å². The second-order valence-corrected chi connectivity index (χ2v) is 5.76. The van der Waals surface area contributed by atoms with Crippen LogP contribution in [0.15, 0.2) is 0 Å². The topological polar surface area (TPSA) is 38.0 Å². The van der Waals surface area contributed by atoms with E-state index in [1.165, 1.54) is 32.1 Å². The number of hydrogen-bond donors (Lipinski definition) is 2. The van der Waals surface area contributed by atoms with Gasteiger partial charge in [-0.05, 0) is 30.8 Å². The first-order valence-electron chi connectivity index (χ1n) is 6.96. The molecule has 0 bridgehead atoms. The normalized spacial score (nSPS) is 14.1. The molecule has 0 aliphatic rings. The van der Waals surface area contributed by atoms with E-state index >= 15 is 0 Å². The lowest BCUT2D eigenvalue weighted by atomic mass is 9.86. The van der Waals surface area contributed by atoms with Crippen molar-refractivity contribution in [1.29, 1.82) is 0 Å². The van der Waals surface area contributed by atoms with Gasteiger partial charge in [0.25, 0.3) is 0 Å². The van der Waals surface area contributed by atoms with Crippen LogP contribution in [0.4, 0.5) is 0 Å². The minimum atomic E-state index is 0.433. The van der Waals surface area contributed by atoms with Crippen LogP contribution in [0, 0.1) is 11.3 Å². The number of unbranched alkanes of at least 4 members (excludes halogenated alkanes) is 2. The van der Waals surface area contributed by atoms with Gasteiger partial charge in [-0.1, -0.05) is 53.4 Å². The second-order valence-electron chi connectivity index (χ2n) is 5.76. The number of nitrogens with one attached hydrogen (secondary N) is 1. The van der Waals surface area contributed by atoms with Crippen molar-refractivity contribution in [2.45, 2.75) is 59.8 Å². The Morgan fingerprint density at radius 1 is 1.19 bits per heavy atom. The van der Waals surface area contributed by atoms with E-state index in [-0.39, 0.29) is 0 Å². The lowest BCUT2D eigenvalue weighted by Gasteiger charge is -2.26. The van der Waals surface area contributed by atoms with Gasteiger partial charge in [0.1, 0.15) is 0 Å². The van der Waals surface area contributed by atoms with Crippen LogP contribution < -0.4 is 11.1 Å². The molecule has 2 nitrogen and oxygen atoms in total. The SMILES string of the molecule is CCCCCC(C)(C)CNCC(CC)CN. The lowest BCUT2D eigenvalue weighted by molar-refractivity contribution is 0.292. The Kier molecular flexibility index (Phi) is 8.96. The molecule has 0 aromatic carbocycles. The summed E-state index contributed by atoms with van der Waals surface area (Å²) in [6, 6.07) is 0. The highest BCUT2D eigenvalue weighted by Gasteiger charge is 2.17. The summed E-state index contributed by atoms with van der Waals surface area (Å²) in [5.41, 5.74) is 6.12. The van der Waals surface area contributed by atoms with Crippen molar-refractivity contribution >= 4 is 0 Å². The molecule has 0 spiro atoms. The summed E-state index contributed by atoms with van der Waals surface area (Å²) < 4.78 is 0. The van der Waals surface area contributed by atoms with Gasteiger partial charge in [-0.25, -0.2) is 0 Å². The zero-order valence-electron chi connectivity index (χ0n) is 11.8. The summed E-state index contributed by atoms with van der Waals surface area (Å²) in [6.07, 6.45) is 6.55. The average molecular weight is 228 g/mol. The largest absolute Gasteiger partial charge is 0.330 e. The van der Waals surface area contributed by atoms with E-state index in [1.807, 2.05) is 0 Å². The van der Waals surface area contributed by atoms with Crippen molar-refractivity contribution in [3.05, 3.63) is 0 Å². The molecule has 0 aromatic rings. The van der Waals surface area contributed by atoms with Crippen LogP contribution in [0.2, 0.25) is 0 Å². The smallest absolute Gasteiger partial charge is 0.000264 e. The van der Waals surface area contributed by atoms with Gasteiger partial charge in [-0.15, -0.1) is 0 Å². The van der Waals surface area contributed by atoms with E-state index in [1.54, 1.807) is 0 Å². The third-order valence-electron chi connectivity index (χ3n) is 3.40. The van der Waals surface area contributed by atoms with Crippen molar-refractivity contribution in [2.24, 2.45) is 17.1 Å². The third-order valence-corrected chi connectivity index (χ3v) is 3.40. The molecule has 3 N–H and O–H groups in total. The second kappa shape index (κ2) is 9.00. The van der Waals surface area contributed by atoms with Crippen LogP contribution in [0.1, 0.15) is 59.8 Å². The lowest BCUT2D eigenvalue weighted by Crippen LogP contribution is -2.34. The quantitative estimate of drug-likeness (QED) is 0.564. The Balaban J connectivity index is 3.63. The Labute approximate surface area is 102 Å². The molecular weight excluding hydrogens is 196 g/mol. The average Bonchev–Trinajstić information content (AvgIpc) is 2.24. The van der Waals surface area contributed by atoms with Crippen LogP contribution in [-0.2, 0) is 0 Å². The predicted molar refractivity (Wildman–Crippen MR) is 73.6 cm³/mol. The molecule has 0 saturated heterocycles. The van der Waals surface area contributed by atoms with Crippen LogP contribution in [0.5, 0.6) is 0 Å². The molecule has 0 heterocycles. The first-order valence-corrected chi connectivity index (χ1v) is 6.96. The molecule has 0 aliphatic heterocycles. The fourth-order valence-electron chi connectivity index (χ4n) is 1.95. The van der Waals surface area contributed by atoms with Crippen molar-refractivity contribution < 1.29 is 0 Å². The Morgan fingerprint density at radius 2 is 1.88 bits per heavy atom. The van der Waals surface area contributed by atoms with Gasteiger partial charge in [0.05, 0.1) is 0 Å². The Hall–Kier alpha value is -0.0800. The van der Waals surface area contributed by atoms with Gasteiger partial charge in [0, 0.05) is 6.54 Å². The molecule has 16 heavy (non-hydrogen) atoms. The van der Waals surface area contributed by atoms with Gasteiger partial charge >= 0.3 is 0 Å². The first kappa shape index (κ1) is 15.9. The highest BCUT2D eigenvalue weighted by Crippen LogP contribution is 2.22. The molecule has 0 aliphatic carbocycles. The summed E-state index contributed by atoms with van der Waals surface area (Å²) in [6.45, 7) is 12.2. The van der Waals surface area contributed by atoms with Gasteiger partial charge in [0.2, 0.25) is 0 Å². The summed E-state index contributed by atoms with van der Waals surface area (Å²) >= 11 is 0. The zero-order valence-corrected chi connectivity index (χ0v) is 11.8. The highest BCUT2D eigenvalue weighted by atomic mass is 14.9. The predicted octanol–water partition coefficient (Wildman–Crippen LogP) is 3.17. The molecule has 0 radical (unpaired) electrons. The van der Waals surface area contributed by atoms with Gasteiger partial charge in [0.15, 0.2) is 0 Å². The van der Waals surface area contributed by atoms with E-state index in [4.69, 9.17) is 5.73 Å². The van der Waals surface area contributed by atoms with Crippen LogP contribution in [0.3, 0.4) is 0 Å². The third kappa shape index (κ3) is 8.12. The summed E-state index contributed by atoms with van der Waals surface area (Å²) in [5.74, 6) is 0.645. The van der Waals surface area contributed by atoms with Crippen molar-refractivity contribution in [1.82, 2.24) is 5.32 Å². The van der Waals surface area contributed by atoms with E-state index in [0.29, 0.717) is 11.3 Å². The number of rotatable bonds is 10. The molecule has 0 aromatic heterocycles. The fraction of sp³-hybridized carbons (Fsp3) is 1.00. The molecular formula is C14H32N2. The van der Waals surface area contributed by atoms with E-state index in [2.05, 4.69) is 33.0 Å². The van der Waals surface area contributed by atoms with Crippen molar-refractivity contribution in [3.8, 4) is 0 Å². The maximum Gasteiger partial charge on any atom is 0.000264 e. The van der Waals surface area contributed by atoms with Gasteiger partial charge in [-0.3, -0.25) is 0 Å². The van der Waals surface area contributed by atoms with Gasteiger partial charge in [-0.2, -0.15) is 0 Å². The summed E-state index contributed by atoms with van der Waals surface area (Å²) in [7, 11) is 0. The summed E-state index contributed by atoms with van der Waals surface area (Å²) in [5, 5.41) is 3.57. The minimum absolute atomic E-state index is 0.433. The molecule has 1 unspecified atom stereocenters. The van der Waals surface area contributed by atoms with Crippen molar-refractivity contribution in [3.63, 3.8) is 0 Å². The minimum Gasteiger partial charge on any atom is -0.330 e. The molecule has 0 saturated carbocycles. The van der Waals surface area contributed by atoms with Crippen molar-refractivity contribution in [2.75, 3.05) is 19.6 Å². The summed E-state index contributed by atoms with van der Waals surface area (Å²) in [4.78, 5) is 0. The molecule has 1 atom stereocenters. The van der Waals surface area contributed by atoms with E-state index in [0.717, 1.165) is 19.6 Å². The van der Waals surface area contributed by atoms with E-state index < -0.39 is 0 Å². The van der Waals surface area contributed by atoms with Crippen LogP contribution >= 0.6 is 0 Å². The first-order chi connectivity index (χ1) is 7.55. The maximum atomic E-state index is 5.69.